The average molecular weight is 248 g/mol. The van der Waals surface area contributed by atoms with E-state index >= 15 is 0 Å². The van der Waals surface area contributed by atoms with Crippen LogP contribution < -0.4 is 0 Å². The van der Waals surface area contributed by atoms with Crippen LogP contribution in [0.2, 0.25) is 0 Å². The minimum Gasteiger partial charge on any atom is -0.476 e. The number of nitrogens with zero attached hydrogens (tertiary/aromatic N) is 4. The Kier molecular flexibility index (Phi) is 3.57. The van der Waals surface area contributed by atoms with Gasteiger partial charge in [-0.25, -0.2) is 14.5 Å². The van der Waals surface area contributed by atoms with Crippen LogP contribution in [0.5, 0.6) is 0 Å². The van der Waals surface area contributed by atoms with E-state index in [-0.39, 0.29) is 5.69 Å². The minimum absolute atomic E-state index is 0.0722. The van der Waals surface area contributed by atoms with Crippen molar-refractivity contribution in [1.29, 1.82) is 0 Å². The van der Waals surface area contributed by atoms with Gasteiger partial charge in [-0.15, -0.1) is 0 Å². The normalized spacial score (nSPS) is 11.3. The van der Waals surface area contributed by atoms with E-state index in [1.54, 1.807) is 23.0 Å². The third-order valence-corrected chi connectivity index (χ3v) is 2.68. The van der Waals surface area contributed by atoms with E-state index in [0.29, 0.717) is 17.6 Å². The summed E-state index contributed by atoms with van der Waals surface area (Å²) in [5, 5.41) is 13.8. The van der Waals surface area contributed by atoms with Crippen LogP contribution >= 0.6 is 0 Å². The molecule has 0 atom stereocenters. The zero-order valence-electron chi connectivity index (χ0n) is 10.5. The Labute approximate surface area is 105 Å². The molecule has 2 aromatic heterocycles. The van der Waals surface area contributed by atoms with Crippen molar-refractivity contribution in [3.63, 3.8) is 0 Å². The second kappa shape index (κ2) is 5.14. The number of aromatic nitrogens is 3. The van der Waals surface area contributed by atoms with Gasteiger partial charge in [0.15, 0.2) is 11.3 Å². The van der Waals surface area contributed by atoms with Gasteiger partial charge in [-0.1, -0.05) is 0 Å². The lowest BCUT2D eigenvalue weighted by atomic mass is 10.2. The zero-order chi connectivity index (χ0) is 13.1. The highest BCUT2D eigenvalue weighted by molar-refractivity contribution is 5.99. The molecule has 18 heavy (non-hydrogen) atoms. The van der Waals surface area contributed by atoms with Crippen LogP contribution in [0.4, 0.5) is 0 Å². The first-order valence-corrected chi connectivity index (χ1v) is 5.79. The van der Waals surface area contributed by atoms with Crippen molar-refractivity contribution in [2.24, 2.45) is 0 Å². The molecule has 0 radical (unpaired) electrons. The number of carboxylic acids is 1. The quantitative estimate of drug-likeness (QED) is 0.857. The summed E-state index contributed by atoms with van der Waals surface area (Å²) in [6.07, 6.45) is 2.55. The Morgan fingerprint density at radius 3 is 2.94 bits per heavy atom. The van der Waals surface area contributed by atoms with E-state index in [9.17, 15) is 4.79 Å². The van der Waals surface area contributed by atoms with Gasteiger partial charge >= 0.3 is 5.97 Å². The number of aromatic carboxylic acids is 1. The maximum Gasteiger partial charge on any atom is 0.357 e. The topological polar surface area (TPSA) is 71.2 Å². The van der Waals surface area contributed by atoms with Gasteiger partial charge in [-0.05, 0) is 39.2 Å². The number of carboxylic acid groups (broad SMARTS) is 1. The molecule has 6 heteroatoms. The van der Waals surface area contributed by atoms with E-state index < -0.39 is 5.97 Å². The standard InChI is InChI=1S/C12H16N4O2/c1-15(2)7-4-8-16-11-9(5-3-6-13-11)10(14-16)12(17)18/h3,5-6H,4,7-8H2,1-2H3,(H,17,18). The number of carbonyl (C=O) groups is 1. The molecule has 2 heterocycles. The predicted octanol–water partition coefficient (Wildman–Crippen LogP) is 1.08. The first-order chi connectivity index (χ1) is 8.59. The summed E-state index contributed by atoms with van der Waals surface area (Å²) in [5.74, 6) is -1.01. The number of aryl methyl sites for hydroxylation is 1. The van der Waals surface area contributed by atoms with E-state index in [1.165, 1.54) is 0 Å². The van der Waals surface area contributed by atoms with Gasteiger partial charge in [0.05, 0.1) is 5.39 Å². The molecule has 0 saturated heterocycles. The second-order valence-electron chi connectivity index (χ2n) is 4.41. The van der Waals surface area contributed by atoms with Gasteiger partial charge < -0.3 is 10.0 Å². The number of hydrogen-bond acceptors (Lipinski definition) is 4. The summed E-state index contributed by atoms with van der Waals surface area (Å²) in [6, 6.07) is 3.46. The summed E-state index contributed by atoms with van der Waals surface area (Å²) in [5.41, 5.74) is 0.705. The lowest BCUT2D eigenvalue weighted by Crippen LogP contribution is -2.15. The van der Waals surface area contributed by atoms with Gasteiger partial charge in [-0.3, -0.25) is 0 Å². The Hall–Kier alpha value is -1.95. The first-order valence-electron chi connectivity index (χ1n) is 5.79. The summed E-state index contributed by atoms with van der Waals surface area (Å²) in [4.78, 5) is 17.4. The fraction of sp³-hybridized carbons (Fsp3) is 0.417. The van der Waals surface area contributed by atoms with Gasteiger partial charge in [0, 0.05) is 12.7 Å². The molecule has 0 aliphatic rings. The molecule has 0 unspecified atom stereocenters. The molecule has 0 fully saturated rings. The third kappa shape index (κ3) is 2.48. The number of pyridine rings is 1. The Morgan fingerprint density at radius 2 is 2.28 bits per heavy atom. The fourth-order valence-corrected chi connectivity index (χ4v) is 1.86. The SMILES string of the molecule is CN(C)CCCn1nc(C(=O)O)c2cccnc21. The van der Waals surface area contributed by atoms with Crippen molar-refractivity contribution >= 4 is 17.0 Å². The largest absolute Gasteiger partial charge is 0.476 e. The Bertz CT molecular complexity index is 562. The fourth-order valence-electron chi connectivity index (χ4n) is 1.86. The highest BCUT2D eigenvalue weighted by Crippen LogP contribution is 2.16. The molecule has 0 saturated carbocycles. The van der Waals surface area contributed by atoms with Crippen LogP contribution in [-0.4, -0.2) is 51.4 Å². The summed E-state index contributed by atoms with van der Waals surface area (Å²) < 4.78 is 1.67. The van der Waals surface area contributed by atoms with Crippen LogP contribution in [-0.2, 0) is 6.54 Å². The number of fused-ring (bicyclic) bond motifs is 1. The first kappa shape index (κ1) is 12.5. The molecular formula is C12H16N4O2. The maximum absolute atomic E-state index is 11.1. The smallest absolute Gasteiger partial charge is 0.357 e. The van der Waals surface area contributed by atoms with E-state index in [1.807, 2.05) is 14.1 Å². The lowest BCUT2D eigenvalue weighted by molar-refractivity contribution is 0.0691. The summed E-state index contributed by atoms with van der Waals surface area (Å²) >= 11 is 0. The van der Waals surface area contributed by atoms with Crippen LogP contribution in [0.15, 0.2) is 18.3 Å². The molecule has 0 bridgehead atoms. The molecule has 0 spiro atoms. The van der Waals surface area contributed by atoms with Crippen molar-refractivity contribution in [3.05, 3.63) is 24.0 Å². The van der Waals surface area contributed by atoms with Gasteiger partial charge in [0.25, 0.3) is 0 Å². The molecule has 0 aromatic carbocycles. The maximum atomic E-state index is 11.1. The molecule has 1 N–H and O–H groups in total. The highest BCUT2D eigenvalue weighted by atomic mass is 16.4. The van der Waals surface area contributed by atoms with Gasteiger partial charge in [-0.2, -0.15) is 5.10 Å². The van der Waals surface area contributed by atoms with E-state index in [2.05, 4.69) is 15.0 Å². The number of hydrogen-bond donors (Lipinski definition) is 1. The van der Waals surface area contributed by atoms with Crippen LogP contribution in [0.3, 0.4) is 0 Å². The highest BCUT2D eigenvalue weighted by Gasteiger charge is 2.16. The summed E-state index contributed by atoms with van der Waals surface area (Å²) in [6.45, 7) is 1.59. The van der Waals surface area contributed by atoms with Crippen molar-refractivity contribution in [2.45, 2.75) is 13.0 Å². The Balaban J connectivity index is 2.30. The average Bonchev–Trinajstić information content (AvgIpc) is 2.68. The van der Waals surface area contributed by atoms with Crippen molar-refractivity contribution < 1.29 is 9.90 Å². The predicted molar refractivity (Wildman–Crippen MR) is 67.7 cm³/mol. The van der Waals surface area contributed by atoms with Crippen LogP contribution in [0.1, 0.15) is 16.9 Å². The molecular weight excluding hydrogens is 232 g/mol. The molecule has 0 aliphatic heterocycles. The molecule has 0 aliphatic carbocycles. The molecule has 6 nitrogen and oxygen atoms in total. The zero-order valence-corrected chi connectivity index (χ0v) is 10.5. The third-order valence-electron chi connectivity index (χ3n) is 2.68. The van der Waals surface area contributed by atoms with Crippen molar-refractivity contribution in [3.8, 4) is 0 Å². The van der Waals surface area contributed by atoms with E-state index in [0.717, 1.165) is 13.0 Å². The lowest BCUT2D eigenvalue weighted by Gasteiger charge is -2.08. The second-order valence-corrected chi connectivity index (χ2v) is 4.41. The van der Waals surface area contributed by atoms with Crippen LogP contribution in [0.25, 0.3) is 11.0 Å². The monoisotopic (exact) mass is 248 g/mol. The number of rotatable bonds is 5. The van der Waals surface area contributed by atoms with E-state index in [4.69, 9.17) is 5.11 Å². The molecule has 0 amide bonds. The van der Waals surface area contributed by atoms with Crippen molar-refractivity contribution in [1.82, 2.24) is 19.7 Å². The minimum atomic E-state index is -1.01. The molecule has 2 aromatic rings. The molecule has 96 valence electrons. The van der Waals surface area contributed by atoms with Crippen molar-refractivity contribution in [2.75, 3.05) is 20.6 Å². The van der Waals surface area contributed by atoms with Gasteiger partial charge in [0.2, 0.25) is 0 Å². The molecule has 2 rings (SSSR count). The van der Waals surface area contributed by atoms with Crippen LogP contribution in [0, 0.1) is 0 Å². The Morgan fingerprint density at radius 1 is 1.50 bits per heavy atom. The van der Waals surface area contributed by atoms with Gasteiger partial charge in [0.1, 0.15) is 0 Å². The summed E-state index contributed by atoms with van der Waals surface area (Å²) in [7, 11) is 4.00.